The van der Waals surface area contributed by atoms with Crippen LogP contribution in [-0.2, 0) is 0 Å². The molecule has 0 spiro atoms. The number of rotatable bonds is 0. The van der Waals surface area contributed by atoms with Gasteiger partial charge in [0.2, 0.25) is 0 Å². The fourth-order valence-corrected chi connectivity index (χ4v) is 0. The predicted octanol–water partition coefficient (Wildman–Crippen LogP) is -7.32. The molecule has 0 saturated heterocycles. The van der Waals surface area contributed by atoms with Crippen molar-refractivity contribution in [1.82, 2.24) is 0 Å². The minimum atomic E-state index is -2.92. The summed E-state index contributed by atoms with van der Waals surface area (Å²) in [5, 5.41) is 25.2. The molecular weight excluding hydrogens is 186 g/mol. The van der Waals surface area contributed by atoms with Gasteiger partial charge in [-0.3, -0.25) is 7.32 Å². The van der Waals surface area contributed by atoms with Gasteiger partial charge in [-0.1, -0.05) is 0 Å². The maximum atomic E-state index is 8.42. The molecule has 0 atom stereocenters. The third kappa shape index (κ3) is 27.7. The van der Waals surface area contributed by atoms with Crippen LogP contribution in [-0.4, -0.2) is 52.8 Å². The van der Waals surface area contributed by atoms with Crippen molar-refractivity contribution in [3.63, 3.8) is 0 Å². The van der Waals surface area contributed by atoms with E-state index in [0.717, 1.165) is 0 Å². The fraction of sp³-hybridized carbons (Fsp3) is 0. The van der Waals surface area contributed by atoms with Crippen molar-refractivity contribution in [3.8, 4) is 0 Å². The van der Waals surface area contributed by atoms with Crippen molar-refractivity contribution in [2.24, 2.45) is 0 Å². The second-order valence-electron chi connectivity index (χ2n) is 0.289. The summed E-state index contributed by atoms with van der Waals surface area (Å²) in [7, 11) is -2.92. The number of hydrogen-bond donors (Lipinski definition) is 0. The van der Waals surface area contributed by atoms with Gasteiger partial charge in [0.15, 0.2) is 0 Å². The van der Waals surface area contributed by atoms with E-state index in [9.17, 15) is 0 Å². The molecule has 0 amide bonds. The molecule has 0 aliphatic heterocycles. The van der Waals surface area contributed by atoms with Gasteiger partial charge >= 0.3 is 96.9 Å². The Labute approximate surface area is 116 Å². The zero-order chi connectivity index (χ0) is 3.58. The molecule has 3 nitrogen and oxygen atoms in total. The van der Waals surface area contributed by atoms with Crippen molar-refractivity contribution in [2.75, 3.05) is 0 Å². The largest absolute Gasteiger partial charge is 2.00 e. The van der Waals surface area contributed by atoms with Crippen LogP contribution in [0.1, 0.15) is 0 Å². The van der Waals surface area contributed by atoms with E-state index in [1.54, 1.807) is 0 Å². The van der Waals surface area contributed by atoms with E-state index in [4.69, 9.17) is 15.1 Å². The van der Waals surface area contributed by atoms with Crippen LogP contribution in [0.4, 0.5) is 0 Å². The van der Waals surface area contributed by atoms with Gasteiger partial charge < -0.3 is 15.1 Å². The second kappa shape index (κ2) is 10.9. The average molecular weight is 186 g/mol. The molecule has 24 valence electrons. The quantitative estimate of drug-likeness (QED) is 0.352. The van der Waals surface area contributed by atoms with Crippen LogP contribution in [0, 0.1) is 0 Å². The zero-order valence-electron chi connectivity index (χ0n) is 3.51. The Morgan fingerprint density at radius 1 is 1.00 bits per heavy atom. The molecule has 6 heavy (non-hydrogen) atoms. The van der Waals surface area contributed by atoms with Gasteiger partial charge in [0.05, 0.1) is 0 Å². The Bertz CT molecular complexity index is 15.5. The van der Waals surface area contributed by atoms with E-state index in [-0.39, 0.29) is 96.9 Å². The third-order valence-corrected chi connectivity index (χ3v) is 0. The molecule has 0 unspecified atom stereocenters. The van der Waals surface area contributed by atoms with Crippen molar-refractivity contribution in [3.05, 3.63) is 0 Å². The molecular formula is BKO3Sr. The first-order chi connectivity index (χ1) is 1.73. The molecule has 0 heterocycles. The first-order valence-electron chi connectivity index (χ1n) is 0.707. The van der Waals surface area contributed by atoms with Crippen LogP contribution in [0.3, 0.4) is 0 Å². The topological polar surface area (TPSA) is 69.2 Å². The summed E-state index contributed by atoms with van der Waals surface area (Å²) >= 11 is 0. The zero-order valence-corrected chi connectivity index (χ0v) is 10.1. The fourth-order valence-electron chi connectivity index (χ4n) is 0. The summed E-state index contributed by atoms with van der Waals surface area (Å²) in [6.45, 7) is 0. The van der Waals surface area contributed by atoms with Crippen molar-refractivity contribution >= 4 is 52.8 Å². The van der Waals surface area contributed by atoms with Crippen molar-refractivity contribution < 1.29 is 66.5 Å². The van der Waals surface area contributed by atoms with E-state index in [0.29, 0.717) is 0 Å². The summed E-state index contributed by atoms with van der Waals surface area (Å²) in [6.07, 6.45) is 0. The summed E-state index contributed by atoms with van der Waals surface area (Å²) in [5.74, 6) is 0. The van der Waals surface area contributed by atoms with Crippen molar-refractivity contribution in [2.45, 2.75) is 0 Å². The van der Waals surface area contributed by atoms with Gasteiger partial charge in [-0.15, -0.1) is 0 Å². The summed E-state index contributed by atoms with van der Waals surface area (Å²) in [4.78, 5) is 0. The van der Waals surface area contributed by atoms with Gasteiger partial charge in [-0.25, -0.2) is 0 Å². The van der Waals surface area contributed by atoms with Gasteiger partial charge in [-0.2, -0.15) is 0 Å². The van der Waals surface area contributed by atoms with Gasteiger partial charge in [0.25, 0.3) is 0 Å². The predicted molar refractivity (Wildman–Crippen MR) is 11.5 cm³/mol. The third-order valence-electron chi connectivity index (χ3n) is 0. The molecule has 0 radical (unpaired) electrons. The molecule has 0 aliphatic rings. The summed E-state index contributed by atoms with van der Waals surface area (Å²) in [6, 6.07) is 0. The van der Waals surface area contributed by atoms with Crippen LogP contribution in [0.2, 0.25) is 0 Å². The normalized spacial score (nSPS) is 4.50. The Kier molecular flexibility index (Phi) is 29.2. The molecule has 0 aromatic heterocycles. The van der Waals surface area contributed by atoms with Crippen LogP contribution >= 0.6 is 0 Å². The maximum Gasteiger partial charge on any atom is 2.00 e. The number of hydrogen-bond acceptors (Lipinski definition) is 3. The molecule has 0 fully saturated rings. The van der Waals surface area contributed by atoms with E-state index in [1.807, 2.05) is 0 Å². The van der Waals surface area contributed by atoms with E-state index in [1.165, 1.54) is 0 Å². The Hall–Kier alpha value is 3.06. The first-order valence-corrected chi connectivity index (χ1v) is 0.707. The van der Waals surface area contributed by atoms with Gasteiger partial charge in [-0.05, 0) is 0 Å². The molecule has 0 aliphatic carbocycles. The SMILES string of the molecule is [K+].[O-]B([O-])[O-].[Sr+2]. The van der Waals surface area contributed by atoms with Crippen LogP contribution in [0.5, 0.6) is 0 Å². The van der Waals surface area contributed by atoms with E-state index in [2.05, 4.69) is 0 Å². The monoisotopic (exact) mass is 186 g/mol. The molecule has 0 rings (SSSR count). The van der Waals surface area contributed by atoms with E-state index >= 15 is 0 Å². The van der Waals surface area contributed by atoms with Crippen LogP contribution < -0.4 is 66.5 Å². The van der Waals surface area contributed by atoms with Crippen molar-refractivity contribution in [1.29, 1.82) is 0 Å². The Morgan fingerprint density at radius 2 is 1.00 bits per heavy atom. The Morgan fingerprint density at radius 3 is 1.00 bits per heavy atom. The minimum absolute atomic E-state index is 0. The Balaban J connectivity index is -0.0000000450. The standard InChI is InChI=1S/BO3.K.Sr/c2-1(3)4;;/q-3;+1;+2. The summed E-state index contributed by atoms with van der Waals surface area (Å²) < 4.78 is 0. The molecule has 0 aromatic carbocycles. The van der Waals surface area contributed by atoms with Gasteiger partial charge in [0.1, 0.15) is 0 Å². The van der Waals surface area contributed by atoms with Gasteiger partial charge in [0, 0.05) is 0 Å². The second-order valence-corrected chi connectivity index (χ2v) is 0.289. The van der Waals surface area contributed by atoms with Crippen LogP contribution in [0.15, 0.2) is 0 Å². The molecule has 0 saturated carbocycles. The smallest absolute Gasteiger partial charge is 0.907 e. The summed E-state index contributed by atoms with van der Waals surface area (Å²) in [5.41, 5.74) is 0. The maximum absolute atomic E-state index is 8.42. The van der Waals surface area contributed by atoms with Crippen LogP contribution in [0.25, 0.3) is 0 Å². The minimum Gasteiger partial charge on any atom is -0.907 e. The first kappa shape index (κ1) is 16.0. The molecule has 0 aromatic rings. The average Bonchev–Trinajstić information content (AvgIpc) is 0.811. The van der Waals surface area contributed by atoms with E-state index < -0.39 is 7.32 Å². The molecule has 0 N–H and O–H groups in total. The molecule has 0 bridgehead atoms. The molecule has 6 heteroatoms.